The molecule has 76 valence electrons. The van der Waals surface area contributed by atoms with Crippen LogP contribution < -0.4 is 5.73 Å². The van der Waals surface area contributed by atoms with E-state index in [4.69, 9.17) is 5.73 Å². The number of amides is 1. The second kappa shape index (κ2) is 4.07. The summed E-state index contributed by atoms with van der Waals surface area (Å²) in [5.41, 5.74) is 5.77. The van der Waals surface area contributed by atoms with Gasteiger partial charge in [0.25, 0.3) is 0 Å². The smallest absolute Gasteiger partial charge is 0.239 e. The number of likely N-dealkylation sites (N-methyl/N-ethyl adjacent to an activating group) is 1. The van der Waals surface area contributed by atoms with Gasteiger partial charge in [0.2, 0.25) is 5.91 Å². The molecule has 0 radical (unpaired) electrons. The van der Waals surface area contributed by atoms with Crippen LogP contribution in [0.5, 0.6) is 0 Å². The van der Waals surface area contributed by atoms with Gasteiger partial charge in [-0.3, -0.25) is 9.69 Å². The van der Waals surface area contributed by atoms with Crippen molar-refractivity contribution in [3.8, 4) is 0 Å². The second-order valence-electron chi connectivity index (χ2n) is 3.95. The summed E-state index contributed by atoms with van der Waals surface area (Å²) in [6, 6.07) is 0.223. The normalized spacial score (nSPS) is 26.0. The first-order valence-corrected chi connectivity index (χ1v) is 4.73. The van der Waals surface area contributed by atoms with Crippen molar-refractivity contribution in [1.29, 1.82) is 0 Å². The van der Waals surface area contributed by atoms with Gasteiger partial charge in [-0.2, -0.15) is 0 Å². The second-order valence-corrected chi connectivity index (χ2v) is 3.95. The Morgan fingerprint density at radius 2 is 2.23 bits per heavy atom. The van der Waals surface area contributed by atoms with Gasteiger partial charge in [-0.05, 0) is 13.3 Å². The third kappa shape index (κ3) is 2.42. The molecule has 1 heterocycles. The zero-order valence-corrected chi connectivity index (χ0v) is 8.66. The van der Waals surface area contributed by atoms with Crippen molar-refractivity contribution in [2.24, 2.45) is 5.73 Å². The molecule has 1 rings (SSSR count). The first kappa shape index (κ1) is 10.5. The van der Waals surface area contributed by atoms with Crippen molar-refractivity contribution in [2.75, 3.05) is 27.2 Å². The molecular formula is C9H19N3O. The number of hydrogen-bond donors (Lipinski definition) is 1. The summed E-state index contributed by atoms with van der Waals surface area (Å²) in [5.74, 6) is 0.161. The van der Waals surface area contributed by atoms with Crippen LogP contribution in [-0.4, -0.2) is 55.0 Å². The maximum absolute atomic E-state index is 11.6. The summed E-state index contributed by atoms with van der Waals surface area (Å²) in [6.07, 6.45) is 1.01. The lowest BCUT2D eigenvalue weighted by Crippen LogP contribution is -2.44. The molecule has 1 aliphatic rings. The van der Waals surface area contributed by atoms with Crippen LogP contribution in [0.3, 0.4) is 0 Å². The molecule has 13 heavy (non-hydrogen) atoms. The van der Waals surface area contributed by atoms with Crippen molar-refractivity contribution in [1.82, 2.24) is 9.80 Å². The lowest BCUT2D eigenvalue weighted by atomic mass is 10.2. The van der Waals surface area contributed by atoms with Gasteiger partial charge >= 0.3 is 0 Å². The number of carbonyl (C=O) groups excluding carboxylic acids is 1. The molecule has 4 heteroatoms. The van der Waals surface area contributed by atoms with E-state index in [0.29, 0.717) is 0 Å². The highest BCUT2D eigenvalue weighted by Crippen LogP contribution is 2.11. The van der Waals surface area contributed by atoms with E-state index in [9.17, 15) is 4.79 Å². The van der Waals surface area contributed by atoms with Crippen LogP contribution >= 0.6 is 0 Å². The fourth-order valence-corrected chi connectivity index (χ4v) is 1.70. The molecule has 1 unspecified atom stereocenters. The van der Waals surface area contributed by atoms with Crippen LogP contribution in [0.15, 0.2) is 0 Å². The van der Waals surface area contributed by atoms with Gasteiger partial charge in [-0.25, -0.2) is 0 Å². The third-order valence-electron chi connectivity index (χ3n) is 2.60. The van der Waals surface area contributed by atoms with Gasteiger partial charge < -0.3 is 10.6 Å². The van der Waals surface area contributed by atoms with Gasteiger partial charge in [0.05, 0.1) is 6.04 Å². The van der Waals surface area contributed by atoms with E-state index in [0.717, 1.165) is 19.5 Å². The van der Waals surface area contributed by atoms with Crippen LogP contribution in [-0.2, 0) is 4.79 Å². The highest BCUT2D eigenvalue weighted by molar-refractivity contribution is 5.80. The maximum atomic E-state index is 11.6. The third-order valence-corrected chi connectivity index (χ3v) is 2.60. The first-order valence-electron chi connectivity index (χ1n) is 4.73. The lowest BCUT2D eigenvalue weighted by Gasteiger charge is -2.25. The number of carbonyl (C=O) groups is 1. The van der Waals surface area contributed by atoms with Gasteiger partial charge in [-0.15, -0.1) is 0 Å². The van der Waals surface area contributed by atoms with Crippen LogP contribution in [0.1, 0.15) is 13.3 Å². The zero-order chi connectivity index (χ0) is 10.0. The average molecular weight is 185 g/mol. The fraction of sp³-hybridized carbons (Fsp3) is 0.889. The molecule has 2 N–H and O–H groups in total. The SMILES string of the molecule is CC(C(=O)N(C)C)N1CC[C@H](N)C1. The summed E-state index contributed by atoms with van der Waals surface area (Å²) in [5, 5.41) is 0. The first-order chi connectivity index (χ1) is 6.02. The molecule has 2 atom stereocenters. The van der Waals surface area contributed by atoms with E-state index in [1.807, 2.05) is 6.92 Å². The van der Waals surface area contributed by atoms with Crippen molar-refractivity contribution in [3.05, 3.63) is 0 Å². The maximum Gasteiger partial charge on any atom is 0.239 e. The summed E-state index contributed by atoms with van der Waals surface area (Å²) < 4.78 is 0. The quantitative estimate of drug-likeness (QED) is 0.631. The number of likely N-dealkylation sites (tertiary alicyclic amines) is 1. The number of rotatable bonds is 2. The molecule has 0 aromatic carbocycles. The van der Waals surface area contributed by atoms with Crippen LogP contribution in [0.2, 0.25) is 0 Å². The molecule has 1 aliphatic heterocycles. The average Bonchev–Trinajstić information content (AvgIpc) is 2.49. The predicted octanol–water partition coefficient (Wildman–Crippen LogP) is -0.504. The largest absolute Gasteiger partial charge is 0.347 e. The van der Waals surface area contributed by atoms with Crippen LogP contribution in [0.4, 0.5) is 0 Å². The Morgan fingerprint density at radius 3 is 2.62 bits per heavy atom. The van der Waals surface area contributed by atoms with E-state index in [-0.39, 0.29) is 18.0 Å². The Balaban J connectivity index is 2.48. The van der Waals surface area contributed by atoms with Gasteiger partial charge in [0, 0.05) is 33.2 Å². The van der Waals surface area contributed by atoms with Gasteiger partial charge in [0.15, 0.2) is 0 Å². The molecule has 1 fully saturated rings. The summed E-state index contributed by atoms with van der Waals surface area (Å²) in [6.45, 7) is 3.74. The number of nitrogens with two attached hydrogens (primary N) is 1. The molecule has 1 amide bonds. The van der Waals surface area contributed by atoms with E-state index in [2.05, 4.69) is 4.90 Å². The van der Waals surface area contributed by atoms with E-state index in [1.165, 1.54) is 0 Å². The molecule has 0 bridgehead atoms. The Kier molecular flexibility index (Phi) is 3.27. The van der Waals surface area contributed by atoms with Gasteiger partial charge in [-0.1, -0.05) is 0 Å². The minimum atomic E-state index is -0.0245. The van der Waals surface area contributed by atoms with E-state index in [1.54, 1.807) is 19.0 Å². The van der Waals surface area contributed by atoms with E-state index < -0.39 is 0 Å². The minimum absolute atomic E-state index is 0.0245. The highest BCUT2D eigenvalue weighted by Gasteiger charge is 2.28. The Bertz CT molecular complexity index is 193. The molecule has 0 aromatic heterocycles. The molecule has 4 nitrogen and oxygen atoms in total. The standard InChI is InChI=1S/C9H19N3O/c1-7(9(13)11(2)3)12-5-4-8(10)6-12/h7-8H,4-6,10H2,1-3H3/t7?,8-/m0/s1. The Morgan fingerprint density at radius 1 is 1.62 bits per heavy atom. The van der Waals surface area contributed by atoms with Crippen molar-refractivity contribution < 1.29 is 4.79 Å². The molecule has 0 aromatic rings. The Labute approximate surface area is 79.7 Å². The Hall–Kier alpha value is -0.610. The predicted molar refractivity (Wildman–Crippen MR) is 52.3 cm³/mol. The van der Waals surface area contributed by atoms with Gasteiger partial charge in [0.1, 0.15) is 0 Å². The highest BCUT2D eigenvalue weighted by atomic mass is 16.2. The molecule has 0 saturated carbocycles. The number of nitrogens with zero attached hydrogens (tertiary/aromatic N) is 2. The van der Waals surface area contributed by atoms with Crippen molar-refractivity contribution in [2.45, 2.75) is 25.4 Å². The van der Waals surface area contributed by atoms with Crippen LogP contribution in [0, 0.1) is 0 Å². The molecule has 0 spiro atoms. The molecular weight excluding hydrogens is 166 g/mol. The molecule has 0 aliphatic carbocycles. The lowest BCUT2D eigenvalue weighted by molar-refractivity contribution is -0.133. The number of hydrogen-bond acceptors (Lipinski definition) is 3. The molecule has 1 saturated heterocycles. The topological polar surface area (TPSA) is 49.6 Å². The van der Waals surface area contributed by atoms with Crippen LogP contribution in [0.25, 0.3) is 0 Å². The van der Waals surface area contributed by atoms with E-state index >= 15 is 0 Å². The monoisotopic (exact) mass is 185 g/mol. The van der Waals surface area contributed by atoms with Crippen molar-refractivity contribution >= 4 is 5.91 Å². The van der Waals surface area contributed by atoms with Crippen molar-refractivity contribution in [3.63, 3.8) is 0 Å². The summed E-state index contributed by atoms with van der Waals surface area (Å²) in [7, 11) is 3.57. The summed E-state index contributed by atoms with van der Waals surface area (Å²) >= 11 is 0. The zero-order valence-electron chi connectivity index (χ0n) is 8.66. The minimum Gasteiger partial charge on any atom is -0.347 e. The summed E-state index contributed by atoms with van der Waals surface area (Å²) in [4.78, 5) is 15.4. The fourth-order valence-electron chi connectivity index (χ4n) is 1.70.